The van der Waals surface area contributed by atoms with Crippen molar-refractivity contribution in [1.29, 1.82) is 0 Å². The zero-order valence-corrected chi connectivity index (χ0v) is 12.4. The molecule has 25 heavy (non-hydrogen) atoms. The fourth-order valence-corrected chi connectivity index (χ4v) is 2.57. The maximum Gasteiger partial charge on any atom is 0.358 e. The van der Waals surface area contributed by atoms with Crippen molar-refractivity contribution < 1.29 is 28.2 Å². The smallest absolute Gasteiger partial charge is 0.358 e. The summed E-state index contributed by atoms with van der Waals surface area (Å²) in [6.45, 7) is 0.0679. The van der Waals surface area contributed by atoms with E-state index in [1.165, 1.54) is 4.68 Å². The fraction of sp³-hybridized carbons (Fsp3) is 0.0625. The van der Waals surface area contributed by atoms with Gasteiger partial charge in [0.1, 0.15) is 17.3 Å². The summed E-state index contributed by atoms with van der Waals surface area (Å²) in [5.74, 6) is -2.08. The summed E-state index contributed by atoms with van der Waals surface area (Å²) in [4.78, 5) is 11.4. The minimum Gasteiger partial charge on any atom is -0.476 e. The molecule has 2 aromatic carbocycles. The van der Waals surface area contributed by atoms with E-state index in [2.05, 4.69) is 10.3 Å². The minimum absolute atomic E-state index is 0.00225. The van der Waals surface area contributed by atoms with Crippen LogP contribution in [0.4, 0.5) is 8.78 Å². The molecular formula is C16H9F2N3O4. The van der Waals surface area contributed by atoms with Gasteiger partial charge in [-0.1, -0.05) is 5.21 Å². The lowest BCUT2D eigenvalue weighted by atomic mass is 10.1. The maximum atomic E-state index is 13.6. The van der Waals surface area contributed by atoms with Gasteiger partial charge in [0.15, 0.2) is 17.2 Å². The van der Waals surface area contributed by atoms with Crippen LogP contribution in [0.1, 0.15) is 10.5 Å². The van der Waals surface area contributed by atoms with Crippen molar-refractivity contribution in [3.63, 3.8) is 0 Å². The SMILES string of the molecule is O=C(O)c1nnn(-c2ccc3c(c2)OCO3)c1-c1cc(F)cc(F)c1. The lowest BCUT2D eigenvalue weighted by Crippen LogP contribution is -2.04. The van der Waals surface area contributed by atoms with Crippen molar-refractivity contribution in [2.45, 2.75) is 0 Å². The summed E-state index contributed by atoms with van der Waals surface area (Å²) in [5.41, 5.74) is -0.0751. The Balaban J connectivity index is 1.93. The number of hydrogen-bond acceptors (Lipinski definition) is 5. The number of fused-ring (bicyclic) bond motifs is 1. The van der Waals surface area contributed by atoms with Crippen LogP contribution >= 0.6 is 0 Å². The number of aromatic carboxylic acids is 1. The lowest BCUT2D eigenvalue weighted by Gasteiger charge is -2.08. The van der Waals surface area contributed by atoms with E-state index in [1.807, 2.05) is 0 Å². The van der Waals surface area contributed by atoms with Gasteiger partial charge in [-0.2, -0.15) is 0 Å². The highest BCUT2D eigenvalue weighted by molar-refractivity contribution is 5.93. The molecule has 0 spiro atoms. The number of halogens is 2. The molecule has 0 saturated heterocycles. The second-order valence-electron chi connectivity index (χ2n) is 5.20. The largest absolute Gasteiger partial charge is 0.476 e. The highest BCUT2D eigenvalue weighted by atomic mass is 19.1. The number of benzene rings is 2. The Morgan fingerprint density at radius 3 is 2.52 bits per heavy atom. The monoisotopic (exact) mass is 345 g/mol. The zero-order valence-electron chi connectivity index (χ0n) is 12.4. The third kappa shape index (κ3) is 2.55. The molecule has 2 heterocycles. The predicted molar refractivity (Wildman–Crippen MR) is 79.8 cm³/mol. The van der Waals surface area contributed by atoms with E-state index in [9.17, 15) is 18.7 Å². The molecule has 3 aromatic rings. The Kier molecular flexibility index (Phi) is 3.34. The predicted octanol–water partition coefficient (Wildman–Crippen LogP) is 2.64. The normalized spacial score (nSPS) is 12.4. The van der Waals surface area contributed by atoms with Crippen LogP contribution in [0.3, 0.4) is 0 Å². The van der Waals surface area contributed by atoms with Gasteiger partial charge in [0.2, 0.25) is 6.79 Å². The standard InChI is InChI=1S/C16H9F2N3O4/c17-9-3-8(4-10(18)5-9)15-14(16(22)23)19-20-21(15)11-1-2-12-13(6-11)25-7-24-12/h1-6H,7H2,(H,22,23). The van der Waals surface area contributed by atoms with E-state index < -0.39 is 23.3 Å². The lowest BCUT2D eigenvalue weighted by molar-refractivity contribution is 0.0691. The maximum absolute atomic E-state index is 13.6. The van der Waals surface area contributed by atoms with Crippen molar-refractivity contribution in [1.82, 2.24) is 15.0 Å². The van der Waals surface area contributed by atoms with Crippen molar-refractivity contribution >= 4 is 5.97 Å². The van der Waals surface area contributed by atoms with E-state index in [-0.39, 0.29) is 18.1 Å². The van der Waals surface area contributed by atoms with Crippen LogP contribution in [-0.4, -0.2) is 32.9 Å². The molecule has 0 radical (unpaired) electrons. The van der Waals surface area contributed by atoms with Crippen molar-refractivity contribution in [3.05, 3.63) is 53.7 Å². The van der Waals surface area contributed by atoms with Gasteiger partial charge < -0.3 is 14.6 Å². The summed E-state index contributed by atoms with van der Waals surface area (Å²) in [6, 6.07) is 7.51. The third-order valence-electron chi connectivity index (χ3n) is 3.61. The molecule has 0 atom stereocenters. The molecule has 7 nitrogen and oxygen atoms in total. The van der Waals surface area contributed by atoms with Crippen LogP contribution in [0.25, 0.3) is 16.9 Å². The Morgan fingerprint density at radius 1 is 1.08 bits per heavy atom. The first-order chi connectivity index (χ1) is 12.0. The Labute approximate surface area is 139 Å². The summed E-state index contributed by atoms with van der Waals surface area (Å²) in [6.07, 6.45) is 0. The van der Waals surface area contributed by atoms with Gasteiger partial charge in [-0.05, 0) is 24.3 Å². The van der Waals surface area contributed by atoms with E-state index in [0.29, 0.717) is 23.3 Å². The fourth-order valence-electron chi connectivity index (χ4n) is 2.57. The Bertz CT molecular complexity index is 983. The highest BCUT2D eigenvalue weighted by Crippen LogP contribution is 2.35. The van der Waals surface area contributed by atoms with Gasteiger partial charge in [-0.25, -0.2) is 18.3 Å². The van der Waals surface area contributed by atoms with E-state index in [1.54, 1.807) is 18.2 Å². The van der Waals surface area contributed by atoms with Crippen LogP contribution in [-0.2, 0) is 0 Å². The van der Waals surface area contributed by atoms with Crippen LogP contribution < -0.4 is 9.47 Å². The molecule has 4 rings (SSSR count). The van der Waals surface area contributed by atoms with Gasteiger partial charge in [0.05, 0.1) is 5.69 Å². The van der Waals surface area contributed by atoms with Gasteiger partial charge in [-0.15, -0.1) is 5.10 Å². The molecule has 126 valence electrons. The molecule has 0 fully saturated rings. The second-order valence-corrected chi connectivity index (χ2v) is 5.20. The molecule has 0 saturated carbocycles. The van der Waals surface area contributed by atoms with Crippen LogP contribution in [0.15, 0.2) is 36.4 Å². The Morgan fingerprint density at radius 2 is 1.80 bits per heavy atom. The third-order valence-corrected chi connectivity index (χ3v) is 3.61. The summed E-state index contributed by atoms with van der Waals surface area (Å²) >= 11 is 0. The molecule has 1 N–H and O–H groups in total. The van der Waals surface area contributed by atoms with Crippen molar-refractivity contribution in [3.8, 4) is 28.4 Å². The second kappa shape index (κ2) is 5.55. The van der Waals surface area contributed by atoms with E-state index >= 15 is 0 Å². The molecule has 0 bridgehead atoms. The van der Waals surface area contributed by atoms with Gasteiger partial charge >= 0.3 is 5.97 Å². The summed E-state index contributed by atoms with van der Waals surface area (Å²) in [5, 5.41) is 16.8. The molecule has 9 heteroatoms. The van der Waals surface area contributed by atoms with Crippen molar-refractivity contribution in [2.75, 3.05) is 6.79 Å². The number of carboxylic acid groups (broad SMARTS) is 1. The quantitative estimate of drug-likeness (QED) is 0.785. The summed E-state index contributed by atoms with van der Waals surface area (Å²) < 4.78 is 38.9. The number of nitrogens with zero attached hydrogens (tertiary/aromatic N) is 3. The first kappa shape index (κ1) is 15.1. The zero-order chi connectivity index (χ0) is 17.6. The van der Waals surface area contributed by atoms with E-state index in [0.717, 1.165) is 12.1 Å². The van der Waals surface area contributed by atoms with Gasteiger partial charge in [0, 0.05) is 17.7 Å². The first-order valence-corrected chi connectivity index (χ1v) is 7.08. The summed E-state index contributed by atoms with van der Waals surface area (Å²) in [7, 11) is 0. The number of ether oxygens (including phenoxy) is 2. The van der Waals surface area contributed by atoms with Crippen LogP contribution in [0.2, 0.25) is 0 Å². The van der Waals surface area contributed by atoms with E-state index in [4.69, 9.17) is 9.47 Å². The molecule has 0 amide bonds. The molecule has 1 aromatic heterocycles. The van der Waals surface area contributed by atoms with Gasteiger partial charge in [0.25, 0.3) is 0 Å². The average molecular weight is 345 g/mol. The average Bonchev–Trinajstić information content (AvgIpc) is 3.19. The Hall–Kier alpha value is -3.49. The van der Waals surface area contributed by atoms with Crippen LogP contribution in [0.5, 0.6) is 11.5 Å². The number of hydrogen-bond donors (Lipinski definition) is 1. The number of aromatic nitrogens is 3. The van der Waals surface area contributed by atoms with Crippen molar-refractivity contribution in [2.24, 2.45) is 0 Å². The molecule has 0 unspecified atom stereocenters. The minimum atomic E-state index is -1.37. The first-order valence-electron chi connectivity index (χ1n) is 7.08. The molecule has 1 aliphatic heterocycles. The topological polar surface area (TPSA) is 86.5 Å². The highest BCUT2D eigenvalue weighted by Gasteiger charge is 2.24. The number of carboxylic acids is 1. The number of carbonyl (C=O) groups is 1. The number of rotatable bonds is 3. The van der Waals surface area contributed by atoms with Crippen LogP contribution in [0, 0.1) is 11.6 Å². The molecule has 1 aliphatic rings. The van der Waals surface area contributed by atoms with Gasteiger partial charge in [-0.3, -0.25) is 0 Å². The molecular weight excluding hydrogens is 336 g/mol. The molecule has 0 aliphatic carbocycles.